The molecule has 6 heteroatoms. The standard InChI is InChI=1S/C17H19FN2O3/c1-9-3-11(17(22)23)8-20(7-9)16(21)15-6-13-10(2)4-12(18)5-14(13)19-15/h4-6,9,11,19H,3,7-8H2,1-2H3,(H,22,23). The summed E-state index contributed by atoms with van der Waals surface area (Å²) in [5, 5.41) is 10.0. The van der Waals surface area contributed by atoms with Gasteiger partial charge in [-0.2, -0.15) is 0 Å². The van der Waals surface area contributed by atoms with Gasteiger partial charge in [0.2, 0.25) is 0 Å². The van der Waals surface area contributed by atoms with Crippen LogP contribution in [-0.2, 0) is 4.79 Å². The van der Waals surface area contributed by atoms with Crippen LogP contribution in [0.1, 0.15) is 29.4 Å². The predicted octanol–water partition coefficient (Wildman–Crippen LogP) is 2.80. The molecule has 0 radical (unpaired) electrons. The van der Waals surface area contributed by atoms with Gasteiger partial charge in [0.15, 0.2) is 0 Å². The molecule has 23 heavy (non-hydrogen) atoms. The summed E-state index contributed by atoms with van der Waals surface area (Å²) in [5.74, 6) is -1.86. The van der Waals surface area contributed by atoms with Gasteiger partial charge in [0.1, 0.15) is 11.5 Å². The minimum Gasteiger partial charge on any atom is -0.481 e. The van der Waals surface area contributed by atoms with Crippen molar-refractivity contribution >= 4 is 22.8 Å². The molecular formula is C17H19FN2O3. The third-order valence-electron chi connectivity index (χ3n) is 4.44. The van der Waals surface area contributed by atoms with Gasteiger partial charge in [0.05, 0.1) is 5.92 Å². The second-order valence-corrected chi connectivity index (χ2v) is 6.45. The molecule has 3 rings (SSSR count). The summed E-state index contributed by atoms with van der Waals surface area (Å²) in [6.07, 6.45) is 0.579. The summed E-state index contributed by atoms with van der Waals surface area (Å²) in [6, 6.07) is 4.49. The molecule has 2 N–H and O–H groups in total. The van der Waals surface area contributed by atoms with Gasteiger partial charge in [0, 0.05) is 24.0 Å². The van der Waals surface area contributed by atoms with Crippen molar-refractivity contribution in [3.8, 4) is 0 Å². The van der Waals surface area contributed by atoms with E-state index in [-0.39, 0.29) is 24.2 Å². The van der Waals surface area contributed by atoms with Gasteiger partial charge in [0.25, 0.3) is 5.91 Å². The molecule has 2 atom stereocenters. The van der Waals surface area contributed by atoms with Crippen LogP contribution in [0.5, 0.6) is 0 Å². The summed E-state index contributed by atoms with van der Waals surface area (Å²) in [6.45, 7) is 4.48. The van der Waals surface area contributed by atoms with E-state index in [9.17, 15) is 19.1 Å². The van der Waals surface area contributed by atoms with Gasteiger partial charge in [-0.1, -0.05) is 6.92 Å². The highest BCUT2D eigenvalue weighted by atomic mass is 19.1. The van der Waals surface area contributed by atoms with Crippen LogP contribution in [0.25, 0.3) is 10.9 Å². The first kappa shape index (κ1) is 15.5. The van der Waals surface area contributed by atoms with E-state index < -0.39 is 11.9 Å². The van der Waals surface area contributed by atoms with Crippen molar-refractivity contribution in [1.29, 1.82) is 0 Å². The highest BCUT2D eigenvalue weighted by Crippen LogP contribution is 2.25. The third kappa shape index (κ3) is 2.93. The van der Waals surface area contributed by atoms with Crippen LogP contribution in [0.15, 0.2) is 18.2 Å². The molecule has 2 aromatic rings. The van der Waals surface area contributed by atoms with Crippen molar-refractivity contribution in [2.45, 2.75) is 20.3 Å². The fourth-order valence-electron chi connectivity index (χ4n) is 3.36. The summed E-state index contributed by atoms with van der Waals surface area (Å²) >= 11 is 0. The topological polar surface area (TPSA) is 73.4 Å². The van der Waals surface area contributed by atoms with Gasteiger partial charge in [-0.25, -0.2) is 4.39 Å². The average Bonchev–Trinajstić information content (AvgIpc) is 2.89. The van der Waals surface area contributed by atoms with E-state index in [0.29, 0.717) is 24.2 Å². The van der Waals surface area contributed by atoms with Crippen LogP contribution in [0.3, 0.4) is 0 Å². The molecule has 0 saturated carbocycles. The number of carboxylic acids is 1. The van der Waals surface area contributed by atoms with E-state index >= 15 is 0 Å². The number of carbonyl (C=O) groups is 2. The third-order valence-corrected chi connectivity index (χ3v) is 4.44. The summed E-state index contributed by atoms with van der Waals surface area (Å²) in [5.41, 5.74) is 1.70. The predicted molar refractivity (Wildman–Crippen MR) is 83.8 cm³/mol. The van der Waals surface area contributed by atoms with Gasteiger partial charge < -0.3 is 15.0 Å². The minimum atomic E-state index is -0.871. The lowest BCUT2D eigenvalue weighted by Crippen LogP contribution is -2.45. The van der Waals surface area contributed by atoms with E-state index in [0.717, 1.165) is 10.9 Å². The second-order valence-electron chi connectivity index (χ2n) is 6.45. The number of hydrogen-bond donors (Lipinski definition) is 2. The van der Waals surface area contributed by atoms with Crippen LogP contribution in [0, 0.1) is 24.6 Å². The number of rotatable bonds is 2. The number of hydrogen-bond acceptors (Lipinski definition) is 2. The van der Waals surface area contributed by atoms with Crippen LogP contribution in [-0.4, -0.2) is 40.0 Å². The Morgan fingerprint density at radius 1 is 1.30 bits per heavy atom. The van der Waals surface area contributed by atoms with Crippen molar-refractivity contribution in [2.75, 3.05) is 13.1 Å². The highest BCUT2D eigenvalue weighted by molar-refractivity contribution is 5.99. The lowest BCUT2D eigenvalue weighted by molar-refractivity contribution is -0.143. The molecule has 1 amide bonds. The maximum absolute atomic E-state index is 13.5. The Labute approximate surface area is 133 Å². The number of nitrogens with one attached hydrogen (secondary N) is 1. The van der Waals surface area contributed by atoms with E-state index in [2.05, 4.69) is 4.98 Å². The quantitative estimate of drug-likeness (QED) is 0.894. The molecule has 1 aliphatic heterocycles. The molecule has 0 aliphatic carbocycles. The molecule has 1 aromatic heterocycles. The number of aromatic nitrogens is 1. The van der Waals surface area contributed by atoms with E-state index in [1.54, 1.807) is 17.9 Å². The Bertz CT molecular complexity index is 783. The number of H-pyrrole nitrogens is 1. The number of halogens is 1. The zero-order valence-corrected chi connectivity index (χ0v) is 13.1. The van der Waals surface area contributed by atoms with Crippen LogP contribution in [0.2, 0.25) is 0 Å². The molecule has 122 valence electrons. The largest absolute Gasteiger partial charge is 0.481 e. The number of aliphatic carboxylic acids is 1. The van der Waals surface area contributed by atoms with Crippen LogP contribution in [0.4, 0.5) is 4.39 Å². The van der Waals surface area contributed by atoms with Gasteiger partial charge in [-0.15, -0.1) is 0 Å². The highest BCUT2D eigenvalue weighted by Gasteiger charge is 2.32. The molecule has 1 fully saturated rings. The fraction of sp³-hybridized carbons (Fsp3) is 0.412. The van der Waals surface area contributed by atoms with Crippen molar-refractivity contribution in [2.24, 2.45) is 11.8 Å². The Morgan fingerprint density at radius 2 is 2.04 bits per heavy atom. The van der Waals surface area contributed by atoms with Crippen molar-refractivity contribution in [1.82, 2.24) is 9.88 Å². The van der Waals surface area contributed by atoms with Crippen molar-refractivity contribution in [3.05, 3.63) is 35.3 Å². The number of carboxylic acid groups (broad SMARTS) is 1. The first-order valence-electron chi connectivity index (χ1n) is 7.66. The Hall–Kier alpha value is -2.37. The van der Waals surface area contributed by atoms with Gasteiger partial charge in [-0.05, 0) is 43.0 Å². The molecule has 0 spiro atoms. The number of fused-ring (bicyclic) bond motifs is 1. The zero-order valence-electron chi connectivity index (χ0n) is 13.1. The maximum atomic E-state index is 13.5. The number of benzene rings is 1. The Kier molecular flexibility index (Phi) is 3.83. The maximum Gasteiger partial charge on any atom is 0.308 e. The lowest BCUT2D eigenvalue weighted by Gasteiger charge is -2.34. The number of piperidine rings is 1. The summed E-state index contributed by atoms with van der Waals surface area (Å²) < 4.78 is 13.5. The van der Waals surface area contributed by atoms with Gasteiger partial charge in [-0.3, -0.25) is 9.59 Å². The van der Waals surface area contributed by atoms with E-state index in [1.165, 1.54) is 12.1 Å². The number of amides is 1. The number of aryl methyl sites for hydroxylation is 1. The number of aromatic amines is 1. The second kappa shape index (κ2) is 5.68. The normalized spacial score (nSPS) is 21.6. The van der Waals surface area contributed by atoms with Crippen LogP contribution < -0.4 is 0 Å². The smallest absolute Gasteiger partial charge is 0.308 e. The Balaban J connectivity index is 1.90. The average molecular weight is 318 g/mol. The molecule has 1 saturated heterocycles. The monoisotopic (exact) mass is 318 g/mol. The SMILES string of the molecule is Cc1cc(F)cc2[nH]c(C(=O)N3CC(C)CC(C(=O)O)C3)cc12. The summed E-state index contributed by atoms with van der Waals surface area (Å²) in [7, 11) is 0. The molecule has 1 aliphatic rings. The first-order chi connectivity index (χ1) is 10.8. The Morgan fingerprint density at radius 3 is 2.74 bits per heavy atom. The molecule has 5 nitrogen and oxygen atoms in total. The summed E-state index contributed by atoms with van der Waals surface area (Å²) in [4.78, 5) is 28.5. The number of carbonyl (C=O) groups excluding carboxylic acids is 1. The first-order valence-corrected chi connectivity index (χ1v) is 7.66. The number of likely N-dealkylation sites (tertiary alicyclic amines) is 1. The van der Waals surface area contributed by atoms with Gasteiger partial charge >= 0.3 is 5.97 Å². The molecule has 2 unspecified atom stereocenters. The van der Waals surface area contributed by atoms with E-state index in [4.69, 9.17) is 0 Å². The minimum absolute atomic E-state index is 0.136. The molecule has 1 aromatic carbocycles. The number of nitrogens with zero attached hydrogens (tertiary/aromatic N) is 1. The fourth-order valence-corrected chi connectivity index (χ4v) is 3.36. The molecule has 2 heterocycles. The lowest BCUT2D eigenvalue weighted by atomic mass is 9.90. The van der Waals surface area contributed by atoms with Crippen LogP contribution >= 0.6 is 0 Å². The molecular weight excluding hydrogens is 299 g/mol. The van der Waals surface area contributed by atoms with Crippen molar-refractivity contribution < 1.29 is 19.1 Å². The van der Waals surface area contributed by atoms with E-state index in [1.807, 2.05) is 6.92 Å². The molecule has 0 bridgehead atoms. The van der Waals surface area contributed by atoms with Crippen molar-refractivity contribution in [3.63, 3.8) is 0 Å². The zero-order chi connectivity index (χ0) is 16.7.